The lowest BCUT2D eigenvalue weighted by atomic mass is 10.4. The molecule has 0 aromatic heterocycles. The van der Waals surface area contributed by atoms with Crippen LogP contribution in [0.5, 0.6) is 0 Å². The molecule has 2 aliphatic rings. The molecule has 3 heteroatoms. The molecule has 1 amide bonds. The van der Waals surface area contributed by atoms with Crippen LogP contribution >= 0.6 is 0 Å². The molecule has 0 atom stereocenters. The van der Waals surface area contributed by atoms with Gasteiger partial charge in [-0.05, 0) is 38.8 Å². The van der Waals surface area contributed by atoms with Gasteiger partial charge in [-0.25, -0.2) is 0 Å². The molecule has 1 saturated heterocycles. The first-order chi connectivity index (χ1) is 5.86. The van der Waals surface area contributed by atoms with Gasteiger partial charge in [0, 0.05) is 5.92 Å². The number of hydrogen-bond acceptors (Lipinski definition) is 2. The van der Waals surface area contributed by atoms with Crippen molar-refractivity contribution in [2.45, 2.75) is 25.7 Å². The predicted molar refractivity (Wildman–Crippen MR) is 46.5 cm³/mol. The Morgan fingerprint density at radius 2 is 2.00 bits per heavy atom. The molecule has 2 fully saturated rings. The Morgan fingerprint density at radius 1 is 1.33 bits per heavy atom. The average Bonchev–Trinajstić information content (AvgIpc) is 2.80. The first-order valence-corrected chi connectivity index (χ1v) is 4.86. The van der Waals surface area contributed by atoms with Crippen LogP contribution in [0.2, 0.25) is 0 Å². The summed E-state index contributed by atoms with van der Waals surface area (Å²) in [6.45, 7) is 3.09. The fraction of sp³-hybridized carbons (Fsp3) is 0.889. The monoisotopic (exact) mass is 168 g/mol. The Kier molecular flexibility index (Phi) is 2.30. The van der Waals surface area contributed by atoms with E-state index in [2.05, 4.69) is 10.2 Å². The van der Waals surface area contributed by atoms with E-state index in [-0.39, 0.29) is 5.91 Å². The smallest absolute Gasteiger partial charge is 0.224 e. The second-order valence-electron chi connectivity index (χ2n) is 3.80. The maximum atomic E-state index is 11.2. The van der Waals surface area contributed by atoms with Crippen LogP contribution in [0.4, 0.5) is 0 Å². The summed E-state index contributed by atoms with van der Waals surface area (Å²) in [6, 6.07) is 0. The molecule has 0 aromatic carbocycles. The van der Waals surface area contributed by atoms with Crippen molar-refractivity contribution in [1.29, 1.82) is 0 Å². The van der Waals surface area contributed by atoms with Crippen LogP contribution in [-0.2, 0) is 4.79 Å². The molecule has 68 valence electrons. The van der Waals surface area contributed by atoms with Crippen molar-refractivity contribution < 1.29 is 4.79 Å². The van der Waals surface area contributed by atoms with Crippen LogP contribution in [-0.4, -0.2) is 30.6 Å². The molecule has 1 aliphatic carbocycles. The van der Waals surface area contributed by atoms with Gasteiger partial charge in [-0.1, -0.05) is 0 Å². The van der Waals surface area contributed by atoms with Crippen molar-refractivity contribution >= 4 is 5.91 Å². The van der Waals surface area contributed by atoms with Gasteiger partial charge in [0.2, 0.25) is 5.91 Å². The Morgan fingerprint density at radius 3 is 2.58 bits per heavy atom. The van der Waals surface area contributed by atoms with Gasteiger partial charge in [-0.3, -0.25) is 9.69 Å². The number of carbonyl (C=O) groups is 1. The second kappa shape index (κ2) is 3.44. The summed E-state index contributed by atoms with van der Waals surface area (Å²) in [5.41, 5.74) is 0. The summed E-state index contributed by atoms with van der Waals surface area (Å²) in [5.74, 6) is 0.620. The normalized spacial score (nSPS) is 24.3. The molecule has 0 bridgehead atoms. The molecule has 2 rings (SSSR count). The van der Waals surface area contributed by atoms with E-state index in [0.29, 0.717) is 5.92 Å². The lowest BCUT2D eigenvalue weighted by Gasteiger charge is -2.14. The van der Waals surface area contributed by atoms with E-state index in [4.69, 9.17) is 0 Å². The van der Waals surface area contributed by atoms with E-state index in [1.165, 1.54) is 12.8 Å². The largest absolute Gasteiger partial charge is 0.343 e. The molecular formula is C9H16N2O. The second-order valence-corrected chi connectivity index (χ2v) is 3.80. The molecule has 0 spiro atoms. The summed E-state index contributed by atoms with van der Waals surface area (Å²) in [6.07, 6.45) is 4.79. The summed E-state index contributed by atoms with van der Waals surface area (Å²) in [5, 5.41) is 2.97. The third-order valence-corrected chi connectivity index (χ3v) is 2.62. The van der Waals surface area contributed by atoms with Crippen LogP contribution in [0.25, 0.3) is 0 Å². The Bertz CT molecular complexity index is 171. The van der Waals surface area contributed by atoms with Gasteiger partial charge in [0.15, 0.2) is 0 Å². The quantitative estimate of drug-likeness (QED) is 0.668. The number of likely N-dealkylation sites (tertiary alicyclic amines) is 1. The molecule has 0 unspecified atom stereocenters. The van der Waals surface area contributed by atoms with E-state index in [1.807, 2.05) is 0 Å². The minimum atomic E-state index is 0.266. The van der Waals surface area contributed by atoms with Crippen molar-refractivity contribution in [2.75, 3.05) is 19.8 Å². The highest BCUT2D eigenvalue weighted by Gasteiger charge is 2.29. The zero-order valence-corrected chi connectivity index (χ0v) is 7.38. The van der Waals surface area contributed by atoms with Crippen molar-refractivity contribution in [3.05, 3.63) is 0 Å². The van der Waals surface area contributed by atoms with E-state index in [0.717, 1.165) is 32.6 Å². The highest BCUT2D eigenvalue weighted by molar-refractivity contribution is 5.80. The van der Waals surface area contributed by atoms with Gasteiger partial charge in [-0.15, -0.1) is 0 Å². The van der Waals surface area contributed by atoms with Crippen LogP contribution < -0.4 is 5.32 Å². The Labute approximate surface area is 73.1 Å². The summed E-state index contributed by atoms with van der Waals surface area (Å²) in [4.78, 5) is 13.5. The molecule has 3 nitrogen and oxygen atoms in total. The average molecular weight is 168 g/mol. The lowest BCUT2D eigenvalue weighted by Crippen LogP contribution is -2.36. The predicted octanol–water partition coefficient (Wildman–Crippen LogP) is 0.566. The zero-order chi connectivity index (χ0) is 8.39. The molecular weight excluding hydrogens is 152 g/mol. The van der Waals surface area contributed by atoms with Gasteiger partial charge in [0.1, 0.15) is 0 Å². The fourth-order valence-corrected chi connectivity index (χ4v) is 1.62. The number of rotatable bonds is 3. The number of carbonyl (C=O) groups excluding carboxylic acids is 1. The molecule has 1 saturated carbocycles. The highest BCUT2D eigenvalue weighted by atomic mass is 16.2. The number of nitrogens with one attached hydrogen (secondary N) is 1. The number of amides is 1. The fourth-order valence-electron chi connectivity index (χ4n) is 1.62. The molecule has 0 radical (unpaired) electrons. The maximum absolute atomic E-state index is 11.2. The summed E-state index contributed by atoms with van der Waals surface area (Å²) in [7, 11) is 0. The first kappa shape index (κ1) is 8.05. The SMILES string of the molecule is O=C(NCN1CCCC1)C1CC1. The Balaban J connectivity index is 1.63. The number of hydrogen-bond donors (Lipinski definition) is 1. The van der Waals surface area contributed by atoms with Crippen molar-refractivity contribution in [1.82, 2.24) is 10.2 Å². The third kappa shape index (κ3) is 1.97. The van der Waals surface area contributed by atoms with E-state index in [1.54, 1.807) is 0 Å². The first-order valence-electron chi connectivity index (χ1n) is 4.86. The standard InChI is InChI=1S/C9H16N2O/c12-9(8-3-4-8)10-7-11-5-1-2-6-11/h8H,1-7H2,(H,10,12). The highest BCUT2D eigenvalue weighted by Crippen LogP contribution is 2.28. The van der Waals surface area contributed by atoms with Crippen molar-refractivity contribution in [3.63, 3.8) is 0 Å². The zero-order valence-electron chi connectivity index (χ0n) is 7.38. The van der Waals surface area contributed by atoms with Crippen molar-refractivity contribution in [3.8, 4) is 0 Å². The number of nitrogens with zero attached hydrogens (tertiary/aromatic N) is 1. The van der Waals surface area contributed by atoms with E-state index in [9.17, 15) is 4.79 Å². The van der Waals surface area contributed by atoms with Crippen LogP contribution in [0.1, 0.15) is 25.7 Å². The van der Waals surface area contributed by atoms with Crippen LogP contribution in [0.3, 0.4) is 0 Å². The minimum Gasteiger partial charge on any atom is -0.343 e. The Hall–Kier alpha value is -0.570. The summed E-state index contributed by atoms with van der Waals surface area (Å²) >= 11 is 0. The van der Waals surface area contributed by atoms with Gasteiger partial charge in [-0.2, -0.15) is 0 Å². The van der Waals surface area contributed by atoms with Crippen LogP contribution in [0.15, 0.2) is 0 Å². The van der Waals surface area contributed by atoms with Crippen LogP contribution in [0, 0.1) is 5.92 Å². The van der Waals surface area contributed by atoms with Gasteiger partial charge < -0.3 is 5.32 Å². The maximum Gasteiger partial charge on any atom is 0.224 e. The lowest BCUT2D eigenvalue weighted by molar-refractivity contribution is -0.122. The third-order valence-electron chi connectivity index (χ3n) is 2.62. The van der Waals surface area contributed by atoms with Gasteiger partial charge in [0.25, 0.3) is 0 Å². The molecule has 1 heterocycles. The molecule has 1 N–H and O–H groups in total. The molecule has 0 aromatic rings. The van der Waals surface area contributed by atoms with Gasteiger partial charge in [0.05, 0.1) is 6.67 Å². The minimum absolute atomic E-state index is 0.266. The summed E-state index contributed by atoms with van der Waals surface area (Å²) < 4.78 is 0. The molecule has 12 heavy (non-hydrogen) atoms. The van der Waals surface area contributed by atoms with E-state index < -0.39 is 0 Å². The van der Waals surface area contributed by atoms with Crippen molar-refractivity contribution in [2.24, 2.45) is 5.92 Å². The van der Waals surface area contributed by atoms with E-state index >= 15 is 0 Å². The molecule has 1 aliphatic heterocycles. The van der Waals surface area contributed by atoms with Gasteiger partial charge >= 0.3 is 0 Å². The topological polar surface area (TPSA) is 32.3 Å².